The van der Waals surface area contributed by atoms with Crippen molar-refractivity contribution in [3.63, 3.8) is 0 Å². The monoisotopic (exact) mass is 385 g/mol. The topological polar surface area (TPSA) is 98.7 Å². The number of carbonyl (C=O) groups is 3. The Balaban J connectivity index is 1.95. The van der Waals surface area contributed by atoms with E-state index in [1.807, 2.05) is 6.92 Å². The van der Waals surface area contributed by atoms with Crippen LogP contribution in [0.3, 0.4) is 0 Å². The molecule has 7 nitrogen and oxygen atoms in total. The highest BCUT2D eigenvalue weighted by atomic mass is 35.5. The van der Waals surface area contributed by atoms with Crippen molar-refractivity contribution in [3.05, 3.63) is 34.6 Å². The van der Waals surface area contributed by atoms with Gasteiger partial charge >= 0.3 is 0 Å². The molecule has 3 amide bonds. The molecule has 0 saturated carbocycles. The largest absolute Gasteiger partial charge is 0.372 e. The van der Waals surface area contributed by atoms with Gasteiger partial charge in [-0.15, -0.1) is 0 Å². The normalized spacial score (nSPS) is 19.5. The van der Waals surface area contributed by atoms with E-state index in [0.29, 0.717) is 12.1 Å². The van der Waals surface area contributed by atoms with Gasteiger partial charge < -0.3 is 20.6 Å². The number of likely N-dealkylation sites (tertiary alicyclic amines) is 1. The van der Waals surface area contributed by atoms with E-state index in [-0.39, 0.29) is 37.0 Å². The fourth-order valence-electron chi connectivity index (χ4n) is 2.66. The summed E-state index contributed by atoms with van der Waals surface area (Å²) in [7, 11) is 0. The molecule has 1 aliphatic rings. The van der Waals surface area contributed by atoms with Crippen LogP contribution in [-0.4, -0.2) is 53.0 Å². The van der Waals surface area contributed by atoms with E-state index < -0.39 is 23.2 Å². The number of amides is 3. The summed E-state index contributed by atoms with van der Waals surface area (Å²) in [5.41, 5.74) is -1.84. The second-order valence-corrected chi connectivity index (χ2v) is 6.58. The number of rotatable bonds is 7. The molecule has 1 aromatic carbocycles. The summed E-state index contributed by atoms with van der Waals surface area (Å²) in [5, 5.41) is 15.7. The van der Waals surface area contributed by atoms with E-state index in [1.54, 1.807) is 0 Å². The van der Waals surface area contributed by atoms with Crippen LogP contribution in [0, 0.1) is 5.82 Å². The maximum Gasteiger partial charge on any atom is 0.264 e. The quantitative estimate of drug-likeness (QED) is 0.598. The Hall–Kier alpha value is -2.19. The predicted molar refractivity (Wildman–Crippen MR) is 92.7 cm³/mol. The molecule has 0 radical (unpaired) electrons. The third-order valence-corrected chi connectivity index (χ3v) is 4.26. The van der Waals surface area contributed by atoms with Crippen LogP contribution in [-0.2, 0) is 20.9 Å². The van der Waals surface area contributed by atoms with Gasteiger partial charge in [0, 0.05) is 31.1 Å². The maximum atomic E-state index is 13.3. The van der Waals surface area contributed by atoms with E-state index in [1.165, 1.54) is 12.1 Å². The maximum absolute atomic E-state index is 13.3. The van der Waals surface area contributed by atoms with Crippen LogP contribution in [0.25, 0.3) is 0 Å². The Morgan fingerprint density at radius 1 is 1.35 bits per heavy atom. The van der Waals surface area contributed by atoms with E-state index >= 15 is 0 Å². The van der Waals surface area contributed by atoms with Gasteiger partial charge in [0.1, 0.15) is 5.82 Å². The zero-order chi connectivity index (χ0) is 19.3. The molecule has 1 saturated heterocycles. The lowest BCUT2D eigenvalue weighted by molar-refractivity contribution is -0.155. The molecular weight excluding hydrogens is 365 g/mol. The molecule has 0 spiro atoms. The molecular formula is C17H21ClFN3O4. The fourth-order valence-corrected chi connectivity index (χ4v) is 2.91. The molecule has 0 aliphatic carbocycles. The smallest absolute Gasteiger partial charge is 0.264 e. The van der Waals surface area contributed by atoms with Gasteiger partial charge in [0.25, 0.3) is 11.8 Å². The molecule has 1 atom stereocenters. The number of carbonyl (C=O) groups excluding carboxylic acids is 3. The number of halogens is 2. The van der Waals surface area contributed by atoms with Crippen molar-refractivity contribution in [3.8, 4) is 0 Å². The number of nitrogens with one attached hydrogen (secondary N) is 2. The van der Waals surface area contributed by atoms with Gasteiger partial charge in [-0.05, 0) is 30.2 Å². The lowest BCUT2D eigenvalue weighted by Gasteiger charge is -2.21. The summed E-state index contributed by atoms with van der Waals surface area (Å²) >= 11 is 5.75. The molecule has 1 heterocycles. The van der Waals surface area contributed by atoms with Crippen molar-refractivity contribution in [1.82, 2.24) is 15.5 Å². The Kier molecular flexibility index (Phi) is 6.55. The molecule has 9 heteroatoms. The summed E-state index contributed by atoms with van der Waals surface area (Å²) in [6.45, 7) is 2.17. The van der Waals surface area contributed by atoms with Crippen molar-refractivity contribution in [2.45, 2.75) is 31.9 Å². The van der Waals surface area contributed by atoms with Crippen LogP contribution in [0.5, 0.6) is 0 Å². The summed E-state index contributed by atoms with van der Waals surface area (Å²) in [6.07, 6.45) is 0.638. The Morgan fingerprint density at radius 3 is 2.73 bits per heavy atom. The van der Waals surface area contributed by atoms with Crippen molar-refractivity contribution in [2.24, 2.45) is 0 Å². The highest BCUT2D eigenvalue weighted by Crippen LogP contribution is 2.23. The number of nitrogens with zero attached hydrogens (tertiary/aromatic N) is 1. The Bertz CT molecular complexity index is 695. The van der Waals surface area contributed by atoms with E-state index in [0.717, 1.165) is 17.4 Å². The summed E-state index contributed by atoms with van der Waals surface area (Å²) in [6, 6.07) is 3.79. The molecule has 3 N–H and O–H groups in total. The second-order valence-electron chi connectivity index (χ2n) is 6.15. The van der Waals surface area contributed by atoms with Crippen LogP contribution in [0.2, 0.25) is 5.02 Å². The van der Waals surface area contributed by atoms with Crippen LogP contribution in [0.1, 0.15) is 25.3 Å². The first kappa shape index (κ1) is 20.1. The average Bonchev–Trinajstić information content (AvgIpc) is 2.86. The van der Waals surface area contributed by atoms with Gasteiger partial charge in [0.15, 0.2) is 0 Å². The summed E-state index contributed by atoms with van der Waals surface area (Å²) in [4.78, 5) is 37.5. The summed E-state index contributed by atoms with van der Waals surface area (Å²) < 4.78 is 13.3. The van der Waals surface area contributed by atoms with Gasteiger partial charge in [-0.3, -0.25) is 14.4 Å². The van der Waals surface area contributed by atoms with E-state index in [2.05, 4.69) is 10.6 Å². The molecule has 1 aliphatic heterocycles. The third kappa shape index (κ3) is 4.70. The van der Waals surface area contributed by atoms with Gasteiger partial charge in [0.2, 0.25) is 11.5 Å². The molecule has 1 aromatic rings. The number of aliphatic hydroxyl groups is 1. The van der Waals surface area contributed by atoms with Crippen LogP contribution >= 0.6 is 11.6 Å². The first-order chi connectivity index (χ1) is 12.3. The molecule has 1 fully saturated rings. The molecule has 0 aromatic heterocycles. The fraction of sp³-hybridized carbons (Fsp3) is 0.471. The van der Waals surface area contributed by atoms with E-state index in [4.69, 9.17) is 11.6 Å². The number of hydrogen-bond donors (Lipinski definition) is 3. The third-order valence-electron chi connectivity index (χ3n) is 4.04. The Morgan fingerprint density at radius 2 is 2.08 bits per heavy atom. The highest BCUT2D eigenvalue weighted by molar-refractivity contribution is 6.30. The van der Waals surface area contributed by atoms with Gasteiger partial charge in [-0.25, -0.2) is 4.39 Å². The van der Waals surface area contributed by atoms with Crippen LogP contribution < -0.4 is 10.6 Å². The molecule has 2 rings (SSSR count). The zero-order valence-electron chi connectivity index (χ0n) is 14.3. The lowest BCUT2D eigenvalue weighted by Crippen LogP contribution is -2.53. The first-order valence-corrected chi connectivity index (χ1v) is 8.65. The van der Waals surface area contributed by atoms with Gasteiger partial charge in [0.05, 0.1) is 6.54 Å². The van der Waals surface area contributed by atoms with Crippen molar-refractivity contribution < 1.29 is 23.9 Å². The van der Waals surface area contributed by atoms with E-state index in [9.17, 15) is 23.9 Å². The van der Waals surface area contributed by atoms with Crippen molar-refractivity contribution in [1.29, 1.82) is 0 Å². The van der Waals surface area contributed by atoms with Crippen LogP contribution in [0.4, 0.5) is 4.39 Å². The number of benzene rings is 1. The predicted octanol–water partition coefficient (Wildman–Crippen LogP) is 0.585. The molecule has 1 unspecified atom stereocenters. The van der Waals surface area contributed by atoms with Gasteiger partial charge in [-0.1, -0.05) is 18.5 Å². The molecule has 0 bridgehead atoms. The van der Waals surface area contributed by atoms with Crippen molar-refractivity contribution >= 4 is 29.3 Å². The average molecular weight is 386 g/mol. The summed E-state index contributed by atoms with van der Waals surface area (Å²) in [5.74, 6) is -2.61. The molecule has 142 valence electrons. The minimum Gasteiger partial charge on any atom is -0.372 e. The standard InChI is InChI=1S/C17H21ClFN3O4/c1-2-4-20-14(23)10-22-5-3-17(26,16(22)25)15(24)21-9-11-6-12(18)8-13(19)7-11/h6-8,26H,2-5,9-10H2,1H3,(H,20,23)(H,21,24). The highest BCUT2D eigenvalue weighted by Gasteiger charge is 2.51. The molecule has 26 heavy (non-hydrogen) atoms. The first-order valence-electron chi connectivity index (χ1n) is 8.28. The lowest BCUT2D eigenvalue weighted by atomic mass is 10.0. The minimum absolute atomic E-state index is 0.0914. The van der Waals surface area contributed by atoms with Crippen LogP contribution in [0.15, 0.2) is 18.2 Å². The number of hydrogen-bond acceptors (Lipinski definition) is 4. The second kappa shape index (κ2) is 8.46. The SMILES string of the molecule is CCCNC(=O)CN1CCC(O)(C(=O)NCc2cc(F)cc(Cl)c2)C1=O. The minimum atomic E-state index is -2.23. The van der Waals surface area contributed by atoms with Crippen molar-refractivity contribution in [2.75, 3.05) is 19.6 Å². The van der Waals surface area contributed by atoms with Gasteiger partial charge in [-0.2, -0.15) is 0 Å². The Labute approximate surface area is 155 Å². The zero-order valence-corrected chi connectivity index (χ0v) is 15.1.